The maximum atomic E-state index is 13.4. The van der Waals surface area contributed by atoms with Crippen molar-refractivity contribution < 1.29 is 14.2 Å². The molecular formula is C18H19BrFNO2. The van der Waals surface area contributed by atoms with E-state index in [2.05, 4.69) is 39.0 Å². The van der Waals surface area contributed by atoms with Gasteiger partial charge in [0.1, 0.15) is 5.82 Å². The second-order valence-electron chi connectivity index (χ2n) is 5.77. The molecule has 0 bridgehead atoms. The Morgan fingerprint density at radius 1 is 1.22 bits per heavy atom. The van der Waals surface area contributed by atoms with Gasteiger partial charge in [-0.25, -0.2) is 4.39 Å². The zero-order valence-electron chi connectivity index (χ0n) is 12.7. The Morgan fingerprint density at radius 3 is 2.78 bits per heavy atom. The number of rotatable bonds is 5. The fourth-order valence-corrected chi connectivity index (χ4v) is 3.05. The third-order valence-corrected chi connectivity index (χ3v) is 4.69. The monoisotopic (exact) mass is 379 g/mol. The molecule has 0 radical (unpaired) electrons. The predicted octanol–water partition coefficient (Wildman–Crippen LogP) is 3.48. The van der Waals surface area contributed by atoms with Gasteiger partial charge >= 0.3 is 0 Å². The Hall–Kier alpha value is -1.27. The fourth-order valence-electron chi connectivity index (χ4n) is 2.81. The normalized spacial score (nSPS) is 16.1. The van der Waals surface area contributed by atoms with E-state index in [0.717, 1.165) is 19.5 Å². The summed E-state index contributed by atoms with van der Waals surface area (Å²) in [7, 11) is 0. The molecule has 0 fully saturated rings. The molecule has 1 aliphatic heterocycles. The van der Waals surface area contributed by atoms with Gasteiger partial charge in [-0.2, -0.15) is 0 Å². The molecule has 3 rings (SSSR count). The van der Waals surface area contributed by atoms with Gasteiger partial charge in [-0.15, -0.1) is 0 Å². The van der Waals surface area contributed by atoms with Gasteiger partial charge in [0.15, 0.2) is 6.29 Å². The van der Waals surface area contributed by atoms with Crippen molar-refractivity contribution in [1.29, 1.82) is 0 Å². The number of halogens is 2. The third-order valence-electron chi connectivity index (χ3n) is 4.05. The van der Waals surface area contributed by atoms with Crippen LogP contribution in [0.3, 0.4) is 0 Å². The van der Waals surface area contributed by atoms with Crippen molar-refractivity contribution >= 4 is 15.9 Å². The van der Waals surface area contributed by atoms with Crippen LogP contribution in [0.4, 0.5) is 4.39 Å². The fraction of sp³-hybridized carbons (Fsp3) is 0.333. The highest BCUT2D eigenvalue weighted by molar-refractivity contribution is 9.10. The molecule has 3 nitrogen and oxygen atoms in total. The summed E-state index contributed by atoms with van der Waals surface area (Å²) in [6, 6.07) is 13.2. The Kier molecular flexibility index (Phi) is 5.43. The lowest BCUT2D eigenvalue weighted by Crippen LogP contribution is -2.37. The van der Waals surface area contributed by atoms with Gasteiger partial charge in [0.2, 0.25) is 0 Å². The third kappa shape index (κ3) is 4.38. The molecule has 1 aliphatic rings. The molecule has 0 aliphatic carbocycles. The van der Waals surface area contributed by atoms with Gasteiger partial charge in [-0.05, 0) is 51.2 Å². The number of ether oxygens (including phenoxy) is 1. The minimum absolute atomic E-state index is 0.190. The lowest BCUT2D eigenvalue weighted by molar-refractivity contribution is -0.122. The van der Waals surface area contributed by atoms with Gasteiger partial charge < -0.3 is 9.84 Å². The van der Waals surface area contributed by atoms with Gasteiger partial charge in [-0.3, -0.25) is 4.90 Å². The summed E-state index contributed by atoms with van der Waals surface area (Å²) in [4.78, 5) is 2.18. The van der Waals surface area contributed by atoms with Crippen LogP contribution in [0.25, 0.3) is 0 Å². The standard InChI is InChI=1S/C18H19BrFNO2/c19-16-6-5-13(9-17(16)20)12-23-18(22)11-21-8-7-14-3-1-2-4-15(14)10-21/h1-6,9,18,22H,7-8,10-12H2. The molecular weight excluding hydrogens is 361 g/mol. The van der Waals surface area contributed by atoms with Gasteiger partial charge in [0.25, 0.3) is 0 Å². The topological polar surface area (TPSA) is 32.7 Å². The largest absolute Gasteiger partial charge is 0.367 e. The van der Waals surface area contributed by atoms with Gasteiger partial charge in [-0.1, -0.05) is 30.3 Å². The van der Waals surface area contributed by atoms with Crippen LogP contribution in [0.1, 0.15) is 16.7 Å². The lowest BCUT2D eigenvalue weighted by Gasteiger charge is -2.30. The maximum absolute atomic E-state index is 13.4. The second kappa shape index (κ2) is 7.53. The van der Waals surface area contributed by atoms with Crippen LogP contribution in [0.5, 0.6) is 0 Å². The Balaban J connectivity index is 1.50. The highest BCUT2D eigenvalue weighted by Gasteiger charge is 2.18. The molecule has 0 amide bonds. The summed E-state index contributed by atoms with van der Waals surface area (Å²) in [5.74, 6) is -0.326. The Labute approximate surface area is 143 Å². The minimum atomic E-state index is -0.882. The van der Waals surface area contributed by atoms with Crippen LogP contribution in [-0.4, -0.2) is 29.4 Å². The quantitative estimate of drug-likeness (QED) is 0.807. The number of hydrogen-bond donors (Lipinski definition) is 1. The lowest BCUT2D eigenvalue weighted by atomic mass is 10.00. The average Bonchev–Trinajstić information content (AvgIpc) is 2.56. The first-order valence-corrected chi connectivity index (χ1v) is 8.44. The van der Waals surface area contributed by atoms with E-state index < -0.39 is 6.29 Å². The summed E-state index contributed by atoms with van der Waals surface area (Å²) in [6.45, 7) is 2.37. The second-order valence-corrected chi connectivity index (χ2v) is 6.62. The van der Waals surface area contributed by atoms with E-state index in [1.54, 1.807) is 12.1 Å². The number of aliphatic hydroxyl groups is 1. The molecule has 1 unspecified atom stereocenters. The van der Waals surface area contributed by atoms with Gasteiger partial charge in [0.05, 0.1) is 11.1 Å². The number of fused-ring (bicyclic) bond motifs is 1. The Morgan fingerprint density at radius 2 is 2.00 bits per heavy atom. The summed E-state index contributed by atoms with van der Waals surface area (Å²) in [6.07, 6.45) is 0.104. The molecule has 1 atom stereocenters. The molecule has 0 spiro atoms. The molecule has 1 N–H and O–H groups in total. The summed E-state index contributed by atoms with van der Waals surface area (Å²) in [5, 5.41) is 10.1. The zero-order chi connectivity index (χ0) is 16.2. The van der Waals surface area contributed by atoms with E-state index in [1.807, 2.05) is 6.07 Å². The van der Waals surface area contributed by atoms with Crippen LogP contribution in [0, 0.1) is 5.82 Å². The smallest absolute Gasteiger partial charge is 0.167 e. The SMILES string of the molecule is OC(CN1CCc2ccccc2C1)OCc1ccc(Br)c(F)c1. The van der Waals surface area contributed by atoms with E-state index in [1.165, 1.54) is 17.2 Å². The van der Waals surface area contributed by atoms with E-state index in [9.17, 15) is 9.50 Å². The molecule has 5 heteroatoms. The molecule has 2 aromatic rings. The number of β-amino-alcohol motifs (C(OH)–C–C–N with tert-alkyl or cyclic N) is 1. The van der Waals surface area contributed by atoms with Gasteiger partial charge in [0, 0.05) is 19.6 Å². The van der Waals surface area contributed by atoms with Crippen LogP contribution in [-0.2, 0) is 24.3 Å². The number of benzene rings is 2. The van der Waals surface area contributed by atoms with Crippen molar-refractivity contribution in [2.24, 2.45) is 0 Å². The number of aliphatic hydroxyl groups excluding tert-OH is 1. The first kappa shape index (κ1) is 16.6. The number of nitrogens with zero attached hydrogens (tertiary/aromatic N) is 1. The molecule has 2 aromatic carbocycles. The van der Waals surface area contributed by atoms with E-state index >= 15 is 0 Å². The van der Waals surface area contributed by atoms with Crippen LogP contribution in [0.15, 0.2) is 46.9 Å². The number of hydrogen-bond acceptors (Lipinski definition) is 3. The van der Waals surface area contributed by atoms with Crippen LogP contribution in [0.2, 0.25) is 0 Å². The molecule has 0 saturated heterocycles. The van der Waals surface area contributed by atoms with Crippen molar-refractivity contribution in [2.45, 2.75) is 25.9 Å². The van der Waals surface area contributed by atoms with Crippen LogP contribution < -0.4 is 0 Å². The average molecular weight is 380 g/mol. The Bertz CT molecular complexity index is 680. The molecule has 122 valence electrons. The first-order chi connectivity index (χ1) is 11.1. The van der Waals surface area contributed by atoms with Crippen molar-refractivity contribution in [3.05, 3.63) is 69.4 Å². The molecule has 1 heterocycles. The maximum Gasteiger partial charge on any atom is 0.167 e. The van der Waals surface area contributed by atoms with Crippen LogP contribution >= 0.6 is 15.9 Å². The highest BCUT2D eigenvalue weighted by Crippen LogP contribution is 2.19. The van der Waals surface area contributed by atoms with Crippen molar-refractivity contribution in [1.82, 2.24) is 4.90 Å². The molecule has 0 aromatic heterocycles. The highest BCUT2D eigenvalue weighted by atomic mass is 79.9. The predicted molar refractivity (Wildman–Crippen MR) is 90.3 cm³/mol. The molecule has 0 saturated carbocycles. The first-order valence-electron chi connectivity index (χ1n) is 7.64. The zero-order valence-corrected chi connectivity index (χ0v) is 14.3. The van der Waals surface area contributed by atoms with Crippen molar-refractivity contribution in [3.63, 3.8) is 0 Å². The van der Waals surface area contributed by atoms with E-state index in [4.69, 9.17) is 4.74 Å². The van der Waals surface area contributed by atoms with E-state index in [-0.39, 0.29) is 12.4 Å². The minimum Gasteiger partial charge on any atom is -0.367 e. The van der Waals surface area contributed by atoms with Crippen molar-refractivity contribution in [3.8, 4) is 0 Å². The molecule has 23 heavy (non-hydrogen) atoms. The summed E-state index contributed by atoms with van der Waals surface area (Å²) >= 11 is 3.12. The van der Waals surface area contributed by atoms with E-state index in [0.29, 0.717) is 16.6 Å². The van der Waals surface area contributed by atoms with Crippen molar-refractivity contribution in [2.75, 3.05) is 13.1 Å². The summed E-state index contributed by atoms with van der Waals surface area (Å²) in [5.41, 5.74) is 3.39. The summed E-state index contributed by atoms with van der Waals surface area (Å²) < 4.78 is 19.3.